The Morgan fingerprint density at radius 3 is 2.38 bits per heavy atom. The van der Waals surface area contributed by atoms with E-state index < -0.39 is 0 Å². The zero-order chi connectivity index (χ0) is 10.3. The predicted octanol–water partition coefficient (Wildman–Crippen LogP) is 3.53. The normalized spacial score (nSPS) is 11.7. The van der Waals surface area contributed by atoms with Crippen molar-refractivity contribution < 1.29 is 4.79 Å². The van der Waals surface area contributed by atoms with Crippen LogP contribution in [0.15, 0.2) is 0 Å². The molecule has 0 aliphatic carbocycles. The van der Waals surface area contributed by atoms with Gasteiger partial charge in [-0.25, -0.2) is 0 Å². The number of hydrogen-bond acceptors (Lipinski definition) is 2. The summed E-state index contributed by atoms with van der Waals surface area (Å²) in [6.45, 7) is 8.69. The van der Waals surface area contributed by atoms with Crippen molar-refractivity contribution in [2.24, 2.45) is 5.41 Å². The Balaban J connectivity index is 3.41. The largest absolute Gasteiger partial charge is 0.299 e. The van der Waals surface area contributed by atoms with Crippen molar-refractivity contribution >= 4 is 17.5 Å². The van der Waals surface area contributed by atoms with Crippen molar-refractivity contribution in [1.29, 1.82) is 0 Å². The summed E-state index contributed by atoms with van der Waals surface area (Å²) in [7, 11) is 0. The topological polar surface area (TPSA) is 17.1 Å². The van der Waals surface area contributed by atoms with Gasteiger partial charge >= 0.3 is 0 Å². The Morgan fingerprint density at radius 1 is 1.31 bits per heavy atom. The fourth-order valence-electron chi connectivity index (χ4n) is 0.917. The molecule has 0 aliphatic heterocycles. The summed E-state index contributed by atoms with van der Waals surface area (Å²) < 4.78 is 0. The van der Waals surface area contributed by atoms with Gasteiger partial charge in [-0.15, -0.1) is 0 Å². The van der Waals surface area contributed by atoms with Gasteiger partial charge in [-0.2, -0.15) is 11.8 Å². The van der Waals surface area contributed by atoms with Gasteiger partial charge in [0.15, 0.2) is 0 Å². The van der Waals surface area contributed by atoms with Gasteiger partial charge in [0.1, 0.15) is 5.78 Å². The Bertz CT molecular complexity index is 147. The van der Waals surface area contributed by atoms with Crippen molar-refractivity contribution in [3.63, 3.8) is 0 Å². The van der Waals surface area contributed by atoms with E-state index in [9.17, 15) is 4.79 Å². The summed E-state index contributed by atoms with van der Waals surface area (Å²) in [5.74, 6) is 2.24. The first-order valence-electron chi connectivity index (χ1n) is 5.05. The van der Waals surface area contributed by atoms with E-state index in [4.69, 9.17) is 0 Å². The summed E-state index contributed by atoms with van der Waals surface area (Å²) in [4.78, 5) is 11.3. The molecular formula is C11H22OS. The number of hydrogen-bond donors (Lipinski definition) is 0. The fraction of sp³-hybridized carbons (Fsp3) is 0.909. The summed E-state index contributed by atoms with van der Waals surface area (Å²) in [6, 6.07) is 0. The molecule has 0 fully saturated rings. The van der Waals surface area contributed by atoms with Crippen LogP contribution >= 0.6 is 11.8 Å². The van der Waals surface area contributed by atoms with Crippen molar-refractivity contribution in [2.75, 3.05) is 11.5 Å². The molecule has 0 aliphatic rings. The molecule has 13 heavy (non-hydrogen) atoms. The van der Waals surface area contributed by atoms with Crippen molar-refractivity contribution in [2.45, 2.75) is 47.0 Å². The van der Waals surface area contributed by atoms with Gasteiger partial charge in [0.2, 0.25) is 0 Å². The number of Topliss-reactive ketones (excluding diaryl/α,β-unsaturated/α-hetero) is 1. The third-order valence-electron chi connectivity index (χ3n) is 1.77. The minimum Gasteiger partial charge on any atom is -0.299 e. The lowest BCUT2D eigenvalue weighted by Crippen LogP contribution is -2.10. The van der Waals surface area contributed by atoms with Crippen LogP contribution in [0.25, 0.3) is 0 Å². The second kappa shape index (κ2) is 6.47. The average Bonchev–Trinajstić information content (AvgIpc) is 2.00. The monoisotopic (exact) mass is 202 g/mol. The van der Waals surface area contributed by atoms with Crippen molar-refractivity contribution in [1.82, 2.24) is 0 Å². The second-order valence-electron chi connectivity index (χ2n) is 4.65. The summed E-state index contributed by atoms with van der Waals surface area (Å²) in [5, 5.41) is 0. The Morgan fingerprint density at radius 2 is 1.92 bits per heavy atom. The molecule has 0 bridgehead atoms. The minimum atomic E-state index is 0.297. The van der Waals surface area contributed by atoms with Crippen LogP contribution in [0.4, 0.5) is 0 Å². The molecule has 0 N–H and O–H groups in total. The molecule has 0 radical (unpaired) electrons. The van der Waals surface area contributed by atoms with Crippen LogP contribution in [0.3, 0.4) is 0 Å². The Hall–Kier alpha value is 0.0200. The zero-order valence-electron chi connectivity index (χ0n) is 9.35. The maximum Gasteiger partial charge on any atom is 0.142 e. The molecule has 0 amide bonds. The predicted molar refractivity (Wildman–Crippen MR) is 61.3 cm³/mol. The maximum atomic E-state index is 11.3. The second-order valence-corrected chi connectivity index (χ2v) is 5.76. The first kappa shape index (κ1) is 13.0. The number of carbonyl (C=O) groups is 1. The number of thioether (sulfide) groups is 1. The SMILES string of the molecule is CCCSCC(=O)CCC(C)(C)C. The molecule has 0 spiro atoms. The summed E-state index contributed by atoms with van der Waals surface area (Å²) in [6.07, 6.45) is 2.93. The molecule has 0 aromatic heterocycles. The lowest BCUT2D eigenvalue weighted by Gasteiger charge is -2.16. The van der Waals surface area contributed by atoms with Gasteiger partial charge in [-0.1, -0.05) is 27.7 Å². The van der Waals surface area contributed by atoms with Gasteiger partial charge in [0, 0.05) is 6.42 Å². The third kappa shape index (κ3) is 9.94. The molecule has 0 atom stereocenters. The first-order chi connectivity index (χ1) is 5.95. The summed E-state index contributed by atoms with van der Waals surface area (Å²) in [5.41, 5.74) is 0.297. The van der Waals surface area contributed by atoms with Crippen LogP contribution < -0.4 is 0 Å². The van der Waals surface area contributed by atoms with E-state index in [0.717, 1.165) is 25.0 Å². The van der Waals surface area contributed by atoms with E-state index in [0.29, 0.717) is 17.0 Å². The molecule has 1 nitrogen and oxygen atoms in total. The van der Waals surface area contributed by atoms with E-state index in [1.807, 2.05) is 0 Å². The quantitative estimate of drug-likeness (QED) is 0.613. The van der Waals surface area contributed by atoms with Crippen LogP contribution in [-0.2, 0) is 4.79 Å². The highest BCUT2D eigenvalue weighted by atomic mass is 32.2. The van der Waals surface area contributed by atoms with Crippen molar-refractivity contribution in [3.8, 4) is 0 Å². The lowest BCUT2D eigenvalue weighted by atomic mass is 9.90. The van der Waals surface area contributed by atoms with Crippen molar-refractivity contribution in [3.05, 3.63) is 0 Å². The van der Waals surface area contributed by atoms with Gasteiger partial charge < -0.3 is 0 Å². The molecule has 0 saturated heterocycles. The molecule has 0 rings (SSSR count). The smallest absolute Gasteiger partial charge is 0.142 e. The Kier molecular flexibility index (Phi) is 6.48. The van der Waals surface area contributed by atoms with Gasteiger partial charge in [0.25, 0.3) is 0 Å². The van der Waals surface area contributed by atoms with Crippen LogP contribution in [0, 0.1) is 5.41 Å². The van der Waals surface area contributed by atoms with E-state index in [1.165, 1.54) is 0 Å². The maximum absolute atomic E-state index is 11.3. The third-order valence-corrected chi connectivity index (χ3v) is 2.99. The minimum absolute atomic E-state index is 0.297. The van der Waals surface area contributed by atoms with Gasteiger partial charge in [-0.05, 0) is 24.0 Å². The molecule has 78 valence electrons. The molecular weight excluding hydrogens is 180 g/mol. The van der Waals surface area contributed by atoms with Crippen LogP contribution in [0.1, 0.15) is 47.0 Å². The van der Waals surface area contributed by atoms with E-state index in [-0.39, 0.29) is 0 Å². The van der Waals surface area contributed by atoms with E-state index in [2.05, 4.69) is 27.7 Å². The lowest BCUT2D eigenvalue weighted by molar-refractivity contribution is -0.117. The van der Waals surface area contributed by atoms with E-state index >= 15 is 0 Å². The highest BCUT2D eigenvalue weighted by molar-refractivity contribution is 7.99. The standard InChI is InChI=1S/C11H22OS/c1-5-8-13-9-10(12)6-7-11(2,3)4/h5-9H2,1-4H3. The van der Waals surface area contributed by atoms with Crippen LogP contribution in [-0.4, -0.2) is 17.3 Å². The highest BCUT2D eigenvalue weighted by Gasteiger charge is 2.12. The van der Waals surface area contributed by atoms with Crippen LogP contribution in [0.2, 0.25) is 0 Å². The molecule has 0 aromatic rings. The molecule has 2 heteroatoms. The van der Waals surface area contributed by atoms with E-state index in [1.54, 1.807) is 11.8 Å². The van der Waals surface area contributed by atoms with Crippen LogP contribution in [0.5, 0.6) is 0 Å². The number of ketones is 1. The molecule has 0 unspecified atom stereocenters. The first-order valence-corrected chi connectivity index (χ1v) is 6.20. The van der Waals surface area contributed by atoms with Gasteiger partial charge in [-0.3, -0.25) is 4.79 Å². The molecule has 0 heterocycles. The number of rotatable bonds is 6. The molecule has 0 saturated carbocycles. The molecule has 0 aromatic carbocycles. The fourth-order valence-corrected chi connectivity index (χ4v) is 1.72. The summed E-state index contributed by atoms with van der Waals surface area (Å²) >= 11 is 1.76. The highest BCUT2D eigenvalue weighted by Crippen LogP contribution is 2.21. The average molecular weight is 202 g/mol. The van der Waals surface area contributed by atoms with Gasteiger partial charge in [0.05, 0.1) is 5.75 Å². The number of carbonyl (C=O) groups excluding carboxylic acids is 1. The Labute approximate surface area is 86.7 Å². The zero-order valence-corrected chi connectivity index (χ0v) is 10.2.